The van der Waals surface area contributed by atoms with Crippen molar-refractivity contribution in [1.29, 1.82) is 0 Å². The van der Waals surface area contributed by atoms with Crippen LogP contribution >= 0.6 is 11.6 Å². The predicted octanol–water partition coefficient (Wildman–Crippen LogP) is 4.14. The van der Waals surface area contributed by atoms with Crippen LogP contribution < -0.4 is 10.2 Å². The van der Waals surface area contributed by atoms with Crippen LogP contribution in [-0.2, 0) is 4.79 Å². The number of fused-ring (bicyclic) bond motifs is 1. The average molecular weight is 482 g/mol. The van der Waals surface area contributed by atoms with E-state index in [0.717, 1.165) is 35.3 Å². The van der Waals surface area contributed by atoms with Crippen molar-refractivity contribution in [2.45, 2.75) is 51.1 Å². The number of amides is 1. The molecule has 1 aromatic carbocycles. The largest absolute Gasteiger partial charge is 0.506 e. The van der Waals surface area contributed by atoms with Crippen molar-refractivity contribution in [3.05, 3.63) is 52.8 Å². The molecule has 2 fully saturated rings. The molecule has 3 N–H and O–H groups in total. The van der Waals surface area contributed by atoms with Crippen molar-refractivity contribution in [2.24, 2.45) is 0 Å². The second-order valence-corrected chi connectivity index (χ2v) is 10.6. The molecule has 7 nitrogen and oxygen atoms in total. The van der Waals surface area contributed by atoms with Gasteiger partial charge < -0.3 is 25.2 Å². The number of benzene rings is 1. The first-order valence-electron chi connectivity index (χ1n) is 12.0. The number of nitrogens with zero attached hydrogens (tertiary/aromatic N) is 3. The number of hydrogen-bond donors (Lipinski definition) is 3. The summed E-state index contributed by atoms with van der Waals surface area (Å²) in [7, 11) is 0. The zero-order chi connectivity index (χ0) is 24.0. The van der Waals surface area contributed by atoms with E-state index in [1.54, 1.807) is 12.4 Å². The van der Waals surface area contributed by atoms with Crippen LogP contribution in [0.2, 0.25) is 5.02 Å². The van der Waals surface area contributed by atoms with Gasteiger partial charge in [-0.25, -0.2) is 4.98 Å². The monoisotopic (exact) mass is 481 g/mol. The highest BCUT2D eigenvalue weighted by atomic mass is 35.5. The number of carbonyl (C=O) groups excluding carboxylic acids is 1. The minimum absolute atomic E-state index is 0.0264. The summed E-state index contributed by atoms with van der Waals surface area (Å²) in [6.07, 6.45) is 3.63. The third-order valence-electron chi connectivity index (χ3n) is 7.32. The maximum absolute atomic E-state index is 13.9. The molecular weight excluding hydrogens is 450 g/mol. The van der Waals surface area contributed by atoms with Crippen molar-refractivity contribution < 1.29 is 9.90 Å². The van der Waals surface area contributed by atoms with Crippen LogP contribution in [0.1, 0.15) is 43.7 Å². The van der Waals surface area contributed by atoms with Gasteiger partial charge in [-0.05, 0) is 62.9 Å². The number of carbonyl (C=O) groups is 1. The highest BCUT2D eigenvalue weighted by Crippen LogP contribution is 2.41. The lowest BCUT2D eigenvalue weighted by Crippen LogP contribution is -2.53. The molecule has 3 aliphatic heterocycles. The molecule has 3 heterocycles. The molecule has 5 rings (SSSR count). The van der Waals surface area contributed by atoms with E-state index < -0.39 is 0 Å². The van der Waals surface area contributed by atoms with Gasteiger partial charge in [0.15, 0.2) is 0 Å². The maximum atomic E-state index is 13.9. The summed E-state index contributed by atoms with van der Waals surface area (Å²) in [5.74, 6) is 1.02. The predicted molar refractivity (Wildman–Crippen MR) is 135 cm³/mol. The fourth-order valence-electron chi connectivity index (χ4n) is 5.54. The number of piperazine rings is 1. The van der Waals surface area contributed by atoms with E-state index >= 15 is 0 Å². The van der Waals surface area contributed by atoms with Gasteiger partial charge in [-0.1, -0.05) is 23.7 Å². The molecule has 34 heavy (non-hydrogen) atoms. The van der Waals surface area contributed by atoms with Crippen molar-refractivity contribution >= 4 is 23.3 Å². The van der Waals surface area contributed by atoms with Crippen molar-refractivity contribution in [1.82, 2.24) is 20.2 Å². The van der Waals surface area contributed by atoms with Gasteiger partial charge in [-0.3, -0.25) is 4.79 Å². The van der Waals surface area contributed by atoms with E-state index in [2.05, 4.69) is 34.0 Å². The molecule has 0 unspecified atom stereocenters. The number of anilines is 1. The Morgan fingerprint density at radius 1 is 1.21 bits per heavy atom. The second-order valence-electron chi connectivity index (χ2n) is 10.2. The van der Waals surface area contributed by atoms with Crippen LogP contribution in [0.15, 0.2) is 36.7 Å². The van der Waals surface area contributed by atoms with Gasteiger partial charge in [0.25, 0.3) is 0 Å². The lowest BCUT2D eigenvalue weighted by molar-refractivity contribution is -0.133. The van der Waals surface area contributed by atoms with Gasteiger partial charge >= 0.3 is 0 Å². The highest BCUT2D eigenvalue weighted by Gasteiger charge is 2.41. The van der Waals surface area contributed by atoms with Crippen LogP contribution in [0.4, 0.5) is 5.82 Å². The summed E-state index contributed by atoms with van der Waals surface area (Å²) in [5, 5.41) is 14.6. The van der Waals surface area contributed by atoms with Crippen LogP contribution in [0.3, 0.4) is 0 Å². The minimum Gasteiger partial charge on any atom is -0.506 e. The number of rotatable bonds is 4. The van der Waals surface area contributed by atoms with Crippen molar-refractivity contribution in [3.8, 4) is 17.0 Å². The fraction of sp³-hybridized carbons (Fsp3) is 0.462. The van der Waals surface area contributed by atoms with Gasteiger partial charge in [0.05, 0.1) is 17.9 Å². The Labute approximate surface area is 205 Å². The Morgan fingerprint density at radius 2 is 1.91 bits per heavy atom. The number of aromatic nitrogens is 2. The van der Waals surface area contributed by atoms with Gasteiger partial charge in [-0.2, -0.15) is 0 Å². The number of hydrogen-bond acceptors (Lipinski definition) is 5. The van der Waals surface area contributed by atoms with Gasteiger partial charge in [0, 0.05) is 48.3 Å². The summed E-state index contributed by atoms with van der Waals surface area (Å²) in [6.45, 7) is 9.03. The number of aromatic hydroxyl groups is 1. The summed E-state index contributed by atoms with van der Waals surface area (Å²) in [6, 6.07) is 9.58. The van der Waals surface area contributed by atoms with Gasteiger partial charge in [0.2, 0.25) is 5.91 Å². The van der Waals surface area contributed by atoms with E-state index in [9.17, 15) is 9.90 Å². The number of halogens is 1. The molecule has 0 saturated carbocycles. The first-order valence-corrected chi connectivity index (χ1v) is 12.3. The third kappa shape index (κ3) is 4.23. The minimum atomic E-state index is -0.240. The highest BCUT2D eigenvalue weighted by molar-refractivity contribution is 6.30. The molecule has 0 aromatic heterocycles. The summed E-state index contributed by atoms with van der Waals surface area (Å²) < 4.78 is 0. The normalized spacial score (nSPS) is 21.2. The van der Waals surface area contributed by atoms with E-state index in [1.165, 1.54) is 0 Å². The first-order chi connectivity index (χ1) is 16.2. The van der Waals surface area contributed by atoms with Crippen LogP contribution in [-0.4, -0.2) is 63.6 Å². The Bertz CT molecular complexity index is 1150. The van der Waals surface area contributed by atoms with Crippen LogP contribution in [0, 0.1) is 6.92 Å². The molecule has 0 bridgehead atoms. The van der Waals surface area contributed by atoms with E-state index in [1.807, 2.05) is 36.1 Å². The SMILES string of the molecule is Cc1cc(O)c2[nH]cnc(N3CCN(C(=O)[C@@H](c4ccc(Cl)cc4)[C@@H]4CCC(C)(C)N4)CC3)c1-2. The van der Waals surface area contributed by atoms with E-state index in [4.69, 9.17) is 11.6 Å². The summed E-state index contributed by atoms with van der Waals surface area (Å²) in [5.41, 5.74) is 3.67. The molecule has 180 valence electrons. The van der Waals surface area contributed by atoms with Gasteiger partial charge in [-0.15, -0.1) is 0 Å². The molecule has 1 amide bonds. The maximum Gasteiger partial charge on any atom is 0.231 e. The Morgan fingerprint density at radius 3 is 2.56 bits per heavy atom. The summed E-state index contributed by atoms with van der Waals surface area (Å²) in [4.78, 5) is 25.7. The summed E-state index contributed by atoms with van der Waals surface area (Å²) >= 11 is 6.14. The Balaban J connectivity index is 1.35. The molecule has 0 spiro atoms. The molecule has 4 aliphatic rings. The molecular formula is C26H32ClN5O2. The zero-order valence-corrected chi connectivity index (χ0v) is 20.7. The van der Waals surface area contributed by atoms with E-state index in [0.29, 0.717) is 36.9 Å². The second kappa shape index (κ2) is 8.78. The van der Waals surface area contributed by atoms with Crippen molar-refractivity contribution in [2.75, 3.05) is 31.1 Å². The molecule has 8 heteroatoms. The molecule has 1 aromatic rings. The topological polar surface area (TPSA) is 84.5 Å². The quantitative estimate of drug-likeness (QED) is 0.521. The van der Waals surface area contributed by atoms with Crippen molar-refractivity contribution in [3.63, 3.8) is 0 Å². The number of nitrogens with one attached hydrogen (secondary N) is 2. The average Bonchev–Trinajstić information content (AvgIpc) is 3.33. The van der Waals surface area contributed by atoms with E-state index in [-0.39, 0.29) is 29.2 Å². The molecule has 1 aliphatic carbocycles. The standard InChI is InChI=1S/C26H32ClN5O2/c1-16-14-20(33)23-21(16)24(29-15-28-23)31-10-12-32(13-11-31)25(34)22(17-4-6-18(27)7-5-17)19-8-9-26(2,3)30-19/h4-7,14-15,19,22,30,33H,8-13H2,1-3H3,(H,28,29)/t19-,22-/m0/s1. The van der Waals surface area contributed by atoms with Gasteiger partial charge in [0.1, 0.15) is 11.6 Å². The molecule has 2 atom stereocenters. The lowest BCUT2D eigenvalue weighted by atomic mass is 9.89. The van der Waals surface area contributed by atoms with Crippen LogP contribution in [0.25, 0.3) is 11.3 Å². The third-order valence-corrected chi connectivity index (χ3v) is 7.57. The zero-order valence-electron chi connectivity index (χ0n) is 19.9. The Hall–Kier alpha value is -2.77. The number of aromatic amines is 1. The van der Waals surface area contributed by atoms with Crippen LogP contribution in [0.5, 0.6) is 5.75 Å². The number of aryl methyl sites for hydroxylation is 1. The fourth-order valence-corrected chi connectivity index (χ4v) is 5.66. The lowest BCUT2D eigenvalue weighted by Gasteiger charge is -2.39. The first kappa shape index (κ1) is 23.0. The Kier molecular flexibility index (Phi) is 5.94. The molecule has 0 radical (unpaired) electrons. The smallest absolute Gasteiger partial charge is 0.231 e. The molecule has 2 saturated heterocycles. The number of H-pyrrole nitrogens is 1.